The van der Waals surface area contributed by atoms with Crippen molar-refractivity contribution in [2.75, 3.05) is 0 Å². The minimum Gasteiger partial charge on any atom is -0.480 e. The summed E-state index contributed by atoms with van der Waals surface area (Å²) in [6.07, 6.45) is 6.16. The molecule has 0 bridgehead atoms. The highest BCUT2D eigenvalue weighted by Crippen LogP contribution is 2.33. The van der Waals surface area contributed by atoms with Crippen molar-refractivity contribution < 1.29 is 29.4 Å². The molecule has 1 heterocycles. The maximum absolute atomic E-state index is 12.9. The van der Waals surface area contributed by atoms with Crippen molar-refractivity contribution in [3.05, 3.63) is 90.0 Å². The lowest BCUT2D eigenvalue weighted by Gasteiger charge is -2.32. The summed E-state index contributed by atoms with van der Waals surface area (Å²) < 4.78 is 0. The van der Waals surface area contributed by atoms with Crippen LogP contribution in [-0.4, -0.2) is 71.6 Å². The molecular weight excluding hydrogens is 697 g/mol. The molecule has 0 radical (unpaired) electrons. The lowest BCUT2D eigenvalue weighted by atomic mass is 9.76. The van der Waals surface area contributed by atoms with E-state index >= 15 is 0 Å². The summed E-state index contributed by atoms with van der Waals surface area (Å²) in [5, 5.41) is 36.2. The summed E-state index contributed by atoms with van der Waals surface area (Å²) in [4.78, 5) is 50.1. The number of nitrogens with one attached hydrogen (secondary N) is 2. The highest BCUT2D eigenvalue weighted by molar-refractivity contribution is 5.85. The number of unbranched alkanes of at least 4 members (excludes halogenated alkanes) is 1. The Morgan fingerprint density at radius 1 is 0.818 bits per heavy atom. The fourth-order valence-corrected chi connectivity index (χ4v) is 7.17. The zero-order valence-corrected chi connectivity index (χ0v) is 32.6. The number of rotatable bonds is 16. The zero-order valence-electron chi connectivity index (χ0n) is 32.6. The maximum Gasteiger partial charge on any atom is 0.326 e. The van der Waals surface area contributed by atoms with Gasteiger partial charge in [-0.25, -0.2) is 9.59 Å². The topological polar surface area (TPSA) is 178 Å². The molecule has 3 aromatic carbocycles. The molecule has 55 heavy (non-hydrogen) atoms. The predicted molar refractivity (Wildman–Crippen MR) is 211 cm³/mol. The highest BCUT2D eigenvalue weighted by atomic mass is 16.4. The second-order valence-corrected chi connectivity index (χ2v) is 15.1. The number of H-pyrrole nitrogens is 1. The molecule has 294 valence electrons. The largest absolute Gasteiger partial charge is 0.480 e. The van der Waals surface area contributed by atoms with Gasteiger partial charge in [0.05, 0.1) is 0 Å². The number of tetrazole rings is 1. The first-order chi connectivity index (χ1) is 26.4. The van der Waals surface area contributed by atoms with Crippen LogP contribution in [0.3, 0.4) is 0 Å². The Balaban J connectivity index is 0.000000258. The molecule has 0 aliphatic heterocycles. The number of aromatic nitrogens is 4. The van der Waals surface area contributed by atoms with Crippen LogP contribution in [0.5, 0.6) is 0 Å². The maximum atomic E-state index is 12.9. The van der Waals surface area contributed by atoms with Crippen LogP contribution in [0.4, 0.5) is 0 Å². The van der Waals surface area contributed by atoms with Gasteiger partial charge in [-0.1, -0.05) is 120 Å². The van der Waals surface area contributed by atoms with E-state index in [9.17, 15) is 29.4 Å². The van der Waals surface area contributed by atoms with Crippen LogP contribution in [0.1, 0.15) is 90.7 Å². The fraction of sp³-hybridized carbons (Fsp3) is 0.465. The van der Waals surface area contributed by atoms with Crippen LogP contribution in [0.2, 0.25) is 0 Å². The summed E-state index contributed by atoms with van der Waals surface area (Å²) in [5.74, 6) is -0.550. The Hall–Kier alpha value is -5.39. The summed E-state index contributed by atoms with van der Waals surface area (Å²) in [6, 6.07) is 23.3. The van der Waals surface area contributed by atoms with Gasteiger partial charge in [0, 0.05) is 30.9 Å². The summed E-state index contributed by atoms with van der Waals surface area (Å²) in [7, 11) is 0. The first-order valence-electron chi connectivity index (χ1n) is 19.4. The molecule has 4 aromatic rings. The zero-order chi connectivity index (χ0) is 39.9. The van der Waals surface area contributed by atoms with Crippen molar-refractivity contribution in [3.63, 3.8) is 0 Å². The SMILES string of the molecule is CC(C)C1CCC(C(=O)N[C@H](Cc2ccccc2)C(=O)O)CC1.CCCCC(=O)N(Cc1ccc(-c2ccccc2-c2nn[nH]n2)cc1)[C@H](C(=O)O)C(C)C. The molecule has 2 atom stereocenters. The van der Waals surface area contributed by atoms with Gasteiger partial charge in [-0.2, -0.15) is 5.21 Å². The number of carboxylic acid groups (broad SMARTS) is 2. The van der Waals surface area contributed by atoms with Crippen molar-refractivity contribution in [2.45, 2.75) is 105 Å². The third-order valence-electron chi connectivity index (χ3n) is 10.4. The third kappa shape index (κ3) is 12.3. The number of nitrogens with zero attached hydrogens (tertiary/aromatic N) is 4. The van der Waals surface area contributed by atoms with E-state index in [0.29, 0.717) is 30.5 Å². The molecule has 12 nitrogen and oxygen atoms in total. The van der Waals surface area contributed by atoms with E-state index in [4.69, 9.17) is 0 Å². The van der Waals surface area contributed by atoms with Crippen molar-refractivity contribution in [1.29, 1.82) is 0 Å². The lowest BCUT2D eigenvalue weighted by Crippen LogP contribution is -2.47. The van der Waals surface area contributed by atoms with Gasteiger partial charge in [0.25, 0.3) is 0 Å². The van der Waals surface area contributed by atoms with Gasteiger partial charge < -0.3 is 20.4 Å². The quantitative estimate of drug-likeness (QED) is 0.0906. The molecule has 1 aliphatic carbocycles. The smallest absolute Gasteiger partial charge is 0.326 e. The molecule has 12 heteroatoms. The molecule has 1 aliphatic rings. The number of amides is 2. The number of aromatic amines is 1. The Kier molecular flexibility index (Phi) is 16.1. The van der Waals surface area contributed by atoms with E-state index in [1.54, 1.807) is 0 Å². The van der Waals surface area contributed by atoms with Crippen molar-refractivity contribution in [2.24, 2.45) is 23.7 Å². The van der Waals surface area contributed by atoms with Gasteiger partial charge in [0.15, 0.2) is 0 Å². The molecule has 1 saturated carbocycles. The van der Waals surface area contributed by atoms with E-state index in [1.165, 1.54) is 4.90 Å². The van der Waals surface area contributed by atoms with Crippen LogP contribution in [-0.2, 0) is 32.1 Å². The Labute approximate surface area is 324 Å². The minimum absolute atomic E-state index is 0.0392. The highest BCUT2D eigenvalue weighted by Gasteiger charge is 2.32. The molecule has 2 amide bonds. The number of hydrogen-bond acceptors (Lipinski definition) is 7. The molecule has 4 N–H and O–H groups in total. The van der Waals surface area contributed by atoms with E-state index in [0.717, 1.165) is 66.3 Å². The van der Waals surface area contributed by atoms with Crippen LogP contribution < -0.4 is 5.32 Å². The molecule has 0 saturated heterocycles. The van der Waals surface area contributed by atoms with Crippen LogP contribution >= 0.6 is 0 Å². The van der Waals surface area contributed by atoms with Gasteiger partial charge in [0.1, 0.15) is 12.1 Å². The molecule has 0 spiro atoms. The predicted octanol–water partition coefficient (Wildman–Crippen LogP) is 7.42. The van der Waals surface area contributed by atoms with Gasteiger partial charge in [0.2, 0.25) is 17.6 Å². The number of aliphatic carboxylic acids is 2. The van der Waals surface area contributed by atoms with Gasteiger partial charge >= 0.3 is 11.9 Å². The lowest BCUT2D eigenvalue weighted by molar-refractivity contribution is -0.153. The van der Waals surface area contributed by atoms with Crippen molar-refractivity contribution in [1.82, 2.24) is 30.8 Å². The van der Waals surface area contributed by atoms with Crippen molar-refractivity contribution in [3.8, 4) is 22.5 Å². The fourth-order valence-electron chi connectivity index (χ4n) is 7.17. The Morgan fingerprint density at radius 3 is 2.00 bits per heavy atom. The molecule has 1 aromatic heterocycles. The Bertz CT molecular complexity index is 1800. The van der Waals surface area contributed by atoms with E-state index < -0.39 is 24.0 Å². The minimum atomic E-state index is -0.976. The number of carbonyl (C=O) groups excluding carboxylic acids is 2. The standard InChI is InChI=1S/C24H29N5O3.C19H27NO3/c1-4-5-10-21(30)29(22(16(2)3)24(31)32)15-17-11-13-18(14-12-17)19-8-6-7-9-20(19)23-25-27-28-26-23;1-13(2)15-8-10-16(11-9-15)18(21)20-17(19(22)23)12-14-6-4-3-5-7-14/h6-9,11-14,16,22H,4-5,10,15H2,1-3H3,(H,31,32)(H,25,26,27,28);3-7,13,15-17H,8-12H2,1-2H3,(H,20,21)(H,22,23)/t22-;15?,16?,17-/m01/s1. The second kappa shape index (κ2) is 20.9. The third-order valence-corrected chi connectivity index (χ3v) is 10.4. The average Bonchev–Trinajstić information content (AvgIpc) is 3.72. The number of benzene rings is 3. The van der Waals surface area contributed by atoms with Crippen LogP contribution in [0.15, 0.2) is 78.9 Å². The summed E-state index contributed by atoms with van der Waals surface area (Å²) in [6.45, 7) is 10.4. The molecule has 5 rings (SSSR count). The summed E-state index contributed by atoms with van der Waals surface area (Å²) >= 11 is 0. The number of hydrogen-bond donors (Lipinski definition) is 4. The average molecular weight is 753 g/mol. The Morgan fingerprint density at radius 2 is 1.45 bits per heavy atom. The van der Waals surface area contributed by atoms with Gasteiger partial charge in [-0.3, -0.25) is 9.59 Å². The molecule has 1 fully saturated rings. The normalized spacial score (nSPS) is 16.4. The second-order valence-electron chi connectivity index (χ2n) is 15.1. The van der Waals surface area contributed by atoms with Crippen LogP contribution in [0, 0.1) is 23.7 Å². The van der Waals surface area contributed by atoms with E-state index in [1.807, 2.05) is 99.6 Å². The van der Waals surface area contributed by atoms with Gasteiger partial charge in [-0.15, -0.1) is 10.2 Å². The first kappa shape index (κ1) is 42.4. The van der Waals surface area contributed by atoms with E-state index in [2.05, 4.69) is 39.8 Å². The number of carbonyl (C=O) groups is 4. The number of carboxylic acids is 2. The van der Waals surface area contributed by atoms with Crippen molar-refractivity contribution >= 4 is 23.8 Å². The molecular formula is C43H56N6O6. The van der Waals surface area contributed by atoms with Crippen LogP contribution in [0.25, 0.3) is 22.5 Å². The van der Waals surface area contributed by atoms with Gasteiger partial charge in [-0.05, 0) is 77.3 Å². The first-order valence-corrected chi connectivity index (χ1v) is 19.4. The molecule has 0 unspecified atom stereocenters. The monoisotopic (exact) mass is 752 g/mol. The summed E-state index contributed by atoms with van der Waals surface area (Å²) in [5.41, 5.74) is 4.58. The van der Waals surface area contributed by atoms with E-state index in [-0.39, 0.29) is 30.2 Å².